The van der Waals surface area contributed by atoms with E-state index in [1.165, 1.54) is 12.8 Å². The molecule has 16 heavy (non-hydrogen) atoms. The first-order valence-electron chi connectivity index (χ1n) is 5.70. The predicted octanol–water partition coefficient (Wildman–Crippen LogP) is 2.68. The highest BCUT2D eigenvalue weighted by Crippen LogP contribution is 2.06. The standard InChI is InChI=1S/C11H19N3O2/c1-3-4-5-6-7-12-11(15)13-10-8-9(2)16-14-10/h8H,3-7H2,1-2H3,(H2,12,13,14,15). The molecule has 90 valence electrons. The number of hydrogen-bond acceptors (Lipinski definition) is 3. The fourth-order valence-electron chi connectivity index (χ4n) is 1.34. The minimum atomic E-state index is -0.232. The van der Waals surface area contributed by atoms with Gasteiger partial charge in [-0.1, -0.05) is 31.3 Å². The number of nitrogens with one attached hydrogen (secondary N) is 2. The second-order valence-corrected chi connectivity index (χ2v) is 3.76. The summed E-state index contributed by atoms with van der Waals surface area (Å²) in [6.45, 7) is 4.64. The Morgan fingerprint density at radius 1 is 1.44 bits per heavy atom. The van der Waals surface area contributed by atoms with Crippen molar-refractivity contribution in [1.82, 2.24) is 10.5 Å². The first-order valence-corrected chi connectivity index (χ1v) is 5.70. The number of aryl methyl sites for hydroxylation is 1. The Bertz CT molecular complexity index is 323. The van der Waals surface area contributed by atoms with Crippen LogP contribution in [0.15, 0.2) is 10.6 Å². The minimum Gasteiger partial charge on any atom is -0.360 e. The van der Waals surface area contributed by atoms with Crippen molar-refractivity contribution in [2.45, 2.75) is 39.5 Å². The summed E-state index contributed by atoms with van der Waals surface area (Å²) in [6.07, 6.45) is 4.58. The fourth-order valence-corrected chi connectivity index (χ4v) is 1.34. The van der Waals surface area contributed by atoms with Gasteiger partial charge in [-0.2, -0.15) is 0 Å². The van der Waals surface area contributed by atoms with Gasteiger partial charge in [0.15, 0.2) is 5.82 Å². The van der Waals surface area contributed by atoms with Crippen molar-refractivity contribution in [3.63, 3.8) is 0 Å². The molecule has 0 bridgehead atoms. The number of urea groups is 1. The van der Waals surface area contributed by atoms with Crippen LogP contribution < -0.4 is 10.6 Å². The summed E-state index contributed by atoms with van der Waals surface area (Å²) in [5, 5.41) is 9.03. The van der Waals surface area contributed by atoms with Gasteiger partial charge in [0, 0.05) is 12.6 Å². The lowest BCUT2D eigenvalue weighted by atomic mass is 10.2. The summed E-state index contributed by atoms with van der Waals surface area (Å²) < 4.78 is 4.83. The summed E-state index contributed by atoms with van der Waals surface area (Å²) in [6, 6.07) is 1.45. The molecule has 0 atom stereocenters. The molecule has 0 unspecified atom stereocenters. The van der Waals surface area contributed by atoms with Crippen LogP contribution in [0.25, 0.3) is 0 Å². The van der Waals surface area contributed by atoms with Crippen LogP contribution in [0.2, 0.25) is 0 Å². The maximum Gasteiger partial charge on any atom is 0.320 e. The van der Waals surface area contributed by atoms with E-state index in [-0.39, 0.29) is 6.03 Å². The van der Waals surface area contributed by atoms with Crippen molar-refractivity contribution in [3.05, 3.63) is 11.8 Å². The number of rotatable bonds is 6. The third kappa shape index (κ3) is 4.82. The van der Waals surface area contributed by atoms with Gasteiger partial charge in [-0.25, -0.2) is 4.79 Å². The van der Waals surface area contributed by atoms with Gasteiger partial charge < -0.3 is 9.84 Å². The molecular formula is C11H19N3O2. The summed E-state index contributed by atoms with van der Waals surface area (Å²) in [7, 11) is 0. The van der Waals surface area contributed by atoms with Gasteiger partial charge in [-0.15, -0.1) is 0 Å². The van der Waals surface area contributed by atoms with Crippen LogP contribution in [0.5, 0.6) is 0 Å². The number of anilines is 1. The van der Waals surface area contributed by atoms with Crippen molar-refractivity contribution in [1.29, 1.82) is 0 Å². The molecule has 1 heterocycles. The molecule has 0 aliphatic rings. The molecule has 0 radical (unpaired) electrons. The SMILES string of the molecule is CCCCCCNC(=O)Nc1cc(C)on1. The predicted molar refractivity (Wildman–Crippen MR) is 62.4 cm³/mol. The molecule has 0 fully saturated rings. The number of aromatic nitrogens is 1. The van der Waals surface area contributed by atoms with Crippen molar-refractivity contribution >= 4 is 11.8 Å². The van der Waals surface area contributed by atoms with Gasteiger partial charge in [0.25, 0.3) is 0 Å². The Labute approximate surface area is 95.6 Å². The molecule has 2 amide bonds. The van der Waals surface area contributed by atoms with E-state index in [9.17, 15) is 4.79 Å². The van der Waals surface area contributed by atoms with Crippen LogP contribution in [-0.2, 0) is 0 Å². The van der Waals surface area contributed by atoms with E-state index in [1.807, 2.05) is 0 Å². The third-order valence-corrected chi connectivity index (χ3v) is 2.19. The van der Waals surface area contributed by atoms with Crippen LogP contribution in [0.1, 0.15) is 38.4 Å². The zero-order valence-corrected chi connectivity index (χ0v) is 9.88. The van der Waals surface area contributed by atoms with Crippen LogP contribution in [-0.4, -0.2) is 17.7 Å². The maximum absolute atomic E-state index is 11.4. The number of nitrogens with zero attached hydrogens (tertiary/aromatic N) is 1. The number of hydrogen-bond donors (Lipinski definition) is 2. The summed E-state index contributed by atoms with van der Waals surface area (Å²) in [4.78, 5) is 11.4. The Hall–Kier alpha value is -1.52. The molecule has 5 heteroatoms. The first-order chi connectivity index (χ1) is 7.72. The van der Waals surface area contributed by atoms with E-state index in [2.05, 4.69) is 22.7 Å². The van der Waals surface area contributed by atoms with E-state index in [4.69, 9.17) is 4.52 Å². The van der Waals surface area contributed by atoms with Crippen LogP contribution in [0, 0.1) is 6.92 Å². The molecule has 5 nitrogen and oxygen atoms in total. The molecular weight excluding hydrogens is 206 g/mol. The highest BCUT2D eigenvalue weighted by atomic mass is 16.5. The first kappa shape index (κ1) is 12.5. The largest absolute Gasteiger partial charge is 0.360 e. The van der Waals surface area contributed by atoms with E-state index in [1.54, 1.807) is 13.0 Å². The normalized spacial score (nSPS) is 10.1. The Balaban J connectivity index is 2.11. The molecule has 0 saturated carbocycles. The second-order valence-electron chi connectivity index (χ2n) is 3.76. The molecule has 0 spiro atoms. The van der Waals surface area contributed by atoms with Gasteiger partial charge in [0.1, 0.15) is 5.76 Å². The summed E-state index contributed by atoms with van der Waals surface area (Å²) in [5.74, 6) is 1.13. The van der Waals surface area contributed by atoms with E-state index >= 15 is 0 Å². The quantitative estimate of drug-likeness (QED) is 0.731. The van der Waals surface area contributed by atoms with Gasteiger partial charge >= 0.3 is 6.03 Å². The van der Waals surface area contributed by atoms with Gasteiger partial charge in [0.05, 0.1) is 0 Å². The zero-order chi connectivity index (χ0) is 11.8. The maximum atomic E-state index is 11.4. The van der Waals surface area contributed by atoms with Crippen molar-refractivity contribution in [2.75, 3.05) is 11.9 Å². The third-order valence-electron chi connectivity index (χ3n) is 2.19. The molecule has 1 rings (SSSR count). The number of carbonyl (C=O) groups is 1. The highest BCUT2D eigenvalue weighted by Gasteiger charge is 2.04. The van der Waals surface area contributed by atoms with Crippen molar-refractivity contribution in [2.24, 2.45) is 0 Å². The number of unbranched alkanes of at least 4 members (excludes halogenated alkanes) is 3. The summed E-state index contributed by atoms with van der Waals surface area (Å²) in [5.41, 5.74) is 0. The van der Waals surface area contributed by atoms with Gasteiger partial charge in [-0.3, -0.25) is 5.32 Å². The molecule has 0 aliphatic heterocycles. The van der Waals surface area contributed by atoms with Crippen LogP contribution >= 0.6 is 0 Å². The lowest BCUT2D eigenvalue weighted by molar-refractivity contribution is 0.251. The highest BCUT2D eigenvalue weighted by molar-refractivity contribution is 5.88. The van der Waals surface area contributed by atoms with Crippen LogP contribution in [0.3, 0.4) is 0 Å². The average Bonchev–Trinajstić information content (AvgIpc) is 2.63. The molecule has 0 aromatic carbocycles. The fraction of sp³-hybridized carbons (Fsp3) is 0.636. The molecule has 0 saturated heterocycles. The smallest absolute Gasteiger partial charge is 0.320 e. The lowest BCUT2D eigenvalue weighted by Gasteiger charge is -2.04. The molecule has 1 aromatic rings. The molecule has 2 N–H and O–H groups in total. The zero-order valence-electron chi connectivity index (χ0n) is 9.88. The van der Waals surface area contributed by atoms with Crippen molar-refractivity contribution in [3.8, 4) is 0 Å². The average molecular weight is 225 g/mol. The summed E-state index contributed by atoms with van der Waals surface area (Å²) >= 11 is 0. The van der Waals surface area contributed by atoms with Gasteiger partial charge in [0.2, 0.25) is 0 Å². The number of carbonyl (C=O) groups excluding carboxylic acids is 1. The van der Waals surface area contributed by atoms with Crippen LogP contribution in [0.4, 0.5) is 10.6 Å². The second kappa shape index (κ2) is 6.87. The molecule has 0 aliphatic carbocycles. The Morgan fingerprint density at radius 3 is 2.88 bits per heavy atom. The van der Waals surface area contributed by atoms with E-state index < -0.39 is 0 Å². The Kier molecular flexibility index (Phi) is 5.39. The number of amides is 2. The van der Waals surface area contributed by atoms with Crippen molar-refractivity contribution < 1.29 is 9.32 Å². The molecule has 1 aromatic heterocycles. The van der Waals surface area contributed by atoms with Gasteiger partial charge in [-0.05, 0) is 13.3 Å². The topological polar surface area (TPSA) is 67.2 Å². The minimum absolute atomic E-state index is 0.232. The Morgan fingerprint density at radius 2 is 2.25 bits per heavy atom. The van der Waals surface area contributed by atoms with E-state index in [0.29, 0.717) is 18.1 Å². The van der Waals surface area contributed by atoms with E-state index in [0.717, 1.165) is 12.8 Å². The lowest BCUT2D eigenvalue weighted by Crippen LogP contribution is -2.29. The monoisotopic (exact) mass is 225 g/mol.